The minimum atomic E-state index is -0.739. The number of hydrogen-bond donors (Lipinski definition) is 1. The van der Waals surface area contributed by atoms with Crippen LogP contribution in [-0.4, -0.2) is 38.9 Å². The molecule has 1 fully saturated rings. The topological polar surface area (TPSA) is 75.2 Å². The van der Waals surface area contributed by atoms with Crippen LogP contribution in [0.2, 0.25) is 5.02 Å². The molecule has 1 aliphatic rings. The van der Waals surface area contributed by atoms with E-state index < -0.39 is 6.04 Å². The quantitative estimate of drug-likeness (QED) is 0.625. The van der Waals surface area contributed by atoms with E-state index in [-0.39, 0.29) is 23.6 Å². The van der Waals surface area contributed by atoms with Gasteiger partial charge in [0.05, 0.1) is 0 Å². The Hall–Kier alpha value is -1.99. The molecule has 0 spiro atoms. The van der Waals surface area contributed by atoms with Crippen molar-refractivity contribution < 1.29 is 9.59 Å². The Morgan fingerprint density at radius 3 is 2.50 bits per heavy atom. The molecule has 0 saturated heterocycles. The molecule has 8 heteroatoms. The normalized spacial score (nSPS) is 15.7. The van der Waals surface area contributed by atoms with Crippen molar-refractivity contribution in [2.45, 2.75) is 64.5 Å². The summed E-state index contributed by atoms with van der Waals surface area (Å²) >= 11 is 7.21. The minimum Gasteiger partial charge on any atom is -0.351 e. The smallest absolute Gasteiger partial charge is 0.276 e. The molecule has 2 aromatic rings. The van der Waals surface area contributed by atoms with Gasteiger partial charge in [-0.25, -0.2) is 0 Å². The van der Waals surface area contributed by atoms with Gasteiger partial charge in [-0.1, -0.05) is 61.3 Å². The van der Waals surface area contributed by atoms with E-state index in [0.29, 0.717) is 17.5 Å². The van der Waals surface area contributed by atoms with Crippen LogP contribution in [0.25, 0.3) is 0 Å². The van der Waals surface area contributed by atoms with Crippen molar-refractivity contribution in [2.75, 3.05) is 6.54 Å². The second kappa shape index (κ2) is 10.9. The van der Waals surface area contributed by atoms with Crippen molar-refractivity contribution >= 4 is 34.9 Å². The molecule has 6 nitrogen and oxygen atoms in total. The van der Waals surface area contributed by atoms with Crippen molar-refractivity contribution in [1.29, 1.82) is 0 Å². The largest absolute Gasteiger partial charge is 0.351 e. The van der Waals surface area contributed by atoms with Crippen molar-refractivity contribution in [3.63, 3.8) is 0 Å². The first-order chi connectivity index (χ1) is 14.5. The molecule has 1 aromatic heterocycles. The monoisotopic (exact) mass is 448 g/mol. The molecule has 30 heavy (non-hydrogen) atoms. The summed E-state index contributed by atoms with van der Waals surface area (Å²) < 4.78 is 3.83. The van der Waals surface area contributed by atoms with Crippen LogP contribution >= 0.6 is 23.1 Å². The number of benzene rings is 1. The van der Waals surface area contributed by atoms with Gasteiger partial charge < -0.3 is 10.2 Å². The summed E-state index contributed by atoms with van der Waals surface area (Å²) in [6.07, 6.45) is 6.20. The van der Waals surface area contributed by atoms with Gasteiger partial charge in [0, 0.05) is 23.0 Å². The lowest BCUT2D eigenvalue weighted by molar-refractivity contribution is -0.127. The average molecular weight is 449 g/mol. The van der Waals surface area contributed by atoms with Crippen LogP contribution in [0, 0.1) is 5.92 Å². The third kappa shape index (κ3) is 6.01. The number of amides is 2. The molecule has 0 radical (unpaired) electrons. The molecule has 1 atom stereocenters. The molecule has 1 saturated carbocycles. The van der Waals surface area contributed by atoms with Crippen molar-refractivity contribution in [3.8, 4) is 0 Å². The number of carbonyl (C=O) groups excluding carboxylic acids is 2. The first kappa shape index (κ1) is 22.7. The summed E-state index contributed by atoms with van der Waals surface area (Å²) in [6.45, 7) is 4.66. The van der Waals surface area contributed by atoms with Crippen LogP contribution < -0.4 is 5.32 Å². The van der Waals surface area contributed by atoms with Gasteiger partial charge >= 0.3 is 0 Å². The molecule has 2 amide bonds. The second-order valence-corrected chi connectivity index (χ2v) is 9.32. The maximum Gasteiger partial charge on any atom is 0.276 e. The van der Waals surface area contributed by atoms with Gasteiger partial charge in [0.15, 0.2) is 5.69 Å². The highest BCUT2D eigenvalue weighted by Gasteiger charge is 2.34. The standard InChI is InChI=1S/C22H29ClN4O2S/c1-15(2)12-13-27(22(29)19-14-30-26-25-19)20(16-8-10-17(23)11-9-16)21(28)24-18-6-4-3-5-7-18/h8-11,14-15,18,20H,3-7,12-13H2,1-2H3,(H,24,28)/t20-/m0/s1. The Morgan fingerprint density at radius 1 is 1.20 bits per heavy atom. The van der Waals surface area contributed by atoms with Crippen molar-refractivity contribution in [1.82, 2.24) is 19.8 Å². The van der Waals surface area contributed by atoms with E-state index in [9.17, 15) is 9.59 Å². The van der Waals surface area contributed by atoms with Gasteiger partial charge in [-0.15, -0.1) is 5.10 Å². The highest BCUT2D eigenvalue weighted by Crippen LogP contribution is 2.27. The first-order valence-corrected chi connectivity index (χ1v) is 11.8. The van der Waals surface area contributed by atoms with E-state index in [1.165, 1.54) is 6.42 Å². The van der Waals surface area contributed by atoms with Gasteiger partial charge in [0.25, 0.3) is 5.91 Å². The van der Waals surface area contributed by atoms with Gasteiger partial charge in [-0.3, -0.25) is 9.59 Å². The molecule has 1 aromatic carbocycles. The van der Waals surface area contributed by atoms with E-state index in [2.05, 4.69) is 28.8 Å². The summed E-state index contributed by atoms with van der Waals surface area (Å²) in [6, 6.07) is 6.58. The second-order valence-electron chi connectivity index (χ2n) is 8.27. The number of nitrogens with one attached hydrogen (secondary N) is 1. The molecule has 0 bridgehead atoms. The maximum absolute atomic E-state index is 13.5. The molecule has 3 rings (SSSR count). The van der Waals surface area contributed by atoms with E-state index in [4.69, 9.17) is 11.6 Å². The highest BCUT2D eigenvalue weighted by atomic mass is 35.5. The minimum absolute atomic E-state index is 0.149. The fourth-order valence-electron chi connectivity index (χ4n) is 3.80. The number of rotatable bonds is 8. The summed E-state index contributed by atoms with van der Waals surface area (Å²) in [5.74, 6) is -0.0335. The zero-order valence-electron chi connectivity index (χ0n) is 17.5. The van der Waals surface area contributed by atoms with Crippen LogP contribution in [0.4, 0.5) is 0 Å². The number of nitrogens with zero attached hydrogens (tertiary/aromatic N) is 3. The molecule has 1 N–H and O–H groups in total. The molecule has 162 valence electrons. The third-order valence-corrected chi connectivity index (χ3v) is 6.24. The average Bonchev–Trinajstić information content (AvgIpc) is 3.27. The molecular weight excluding hydrogens is 420 g/mol. The van der Waals surface area contributed by atoms with Crippen LogP contribution in [0.3, 0.4) is 0 Å². The Morgan fingerprint density at radius 2 is 1.90 bits per heavy atom. The molecule has 1 heterocycles. The predicted molar refractivity (Wildman–Crippen MR) is 120 cm³/mol. The molecule has 0 aliphatic heterocycles. The fourth-order valence-corrected chi connectivity index (χ4v) is 4.35. The SMILES string of the molecule is CC(C)CCN(C(=O)c1csnn1)[C@H](C(=O)NC1CCCCC1)c1ccc(Cl)cc1. The van der Waals surface area contributed by atoms with E-state index in [0.717, 1.165) is 49.2 Å². The number of aromatic nitrogens is 2. The lowest BCUT2D eigenvalue weighted by Crippen LogP contribution is -2.47. The van der Waals surface area contributed by atoms with Crippen molar-refractivity contribution in [2.24, 2.45) is 5.92 Å². The van der Waals surface area contributed by atoms with Crippen molar-refractivity contribution in [3.05, 3.63) is 45.9 Å². The zero-order chi connectivity index (χ0) is 21.5. The van der Waals surface area contributed by atoms with Crippen LogP contribution in [0.1, 0.15) is 74.5 Å². The van der Waals surface area contributed by atoms with E-state index in [1.807, 2.05) is 12.1 Å². The summed E-state index contributed by atoms with van der Waals surface area (Å²) in [4.78, 5) is 28.4. The number of halogens is 1. The molecule has 0 unspecified atom stereocenters. The maximum atomic E-state index is 13.5. The summed E-state index contributed by atoms with van der Waals surface area (Å²) in [7, 11) is 0. The van der Waals surface area contributed by atoms with Crippen LogP contribution in [0.15, 0.2) is 29.6 Å². The number of carbonyl (C=O) groups is 2. The fraction of sp³-hybridized carbons (Fsp3) is 0.545. The summed E-state index contributed by atoms with van der Waals surface area (Å²) in [5, 5.41) is 9.37. The van der Waals surface area contributed by atoms with Crippen LogP contribution in [-0.2, 0) is 4.79 Å². The molecule has 1 aliphatic carbocycles. The Balaban J connectivity index is 1.93. The van der Waals surface area contributed by atoms with Gasteiger partial charge in [-0.05, 0) is 54.4 Å². The zero-order valence-corrected chi connectivity index (χ0v) is 19.1. The Bertz CT molecular complexity index is 820. The summed E-state index contributed by atoms with van der Waals surface area (Å²) in [5.41, 5.74) is 1.01. The van der Waals surface area contributed by atoms with Gasteiger partial charge in [0.1, 0.15) is 6.04 Å². The predicted octanol–water partition coefficient (Wildman–Crippen LogP) is 4.87. The third-order valence-electron chi connectivity index (χ3n) is 5.48. The Kier molecular flexibility index (Phi) is 8.22. The molecular formula is C22H29ClN4O2S. The van der Waals surface area contributed by atoms with Gasteiger partial charge in [0.2, 0.25) is 5.91 Å². The Labute approximate surface area is 187 Å². The highest BCUT2D eigenvalue weighted by molar-refractivity contribution is 7.03. The lowest BCUT2D eigenvalue weighted by Gasteiger charge is -2.33. The lowest BCUT2D eigenvalue weighted by atomic mass is 9.94. The van der Waals surface area contributed by atoms with Gasteiger partial charge in [-0.2, -0.15) is 0 Å². The number of hydrogen-bond acceptors (Lipinski definition) is 5. The van der Waals surface area contributed by atoms with E-state index >= 15 is 0 Å². The van der Waals surface area contributed by atoms with E-state index in [1.54, 1.807) is 22.4 Å². The first-order valence-electron chi connectivity index (χ1n) is 10.6. The van der Waals surface area contributed by atoms with Crippen LogP contribution in [0.5, 0.6) is 0 Å².